The Morgan fingerprint density at radius 1 is 1.10 bits per heavy atom. The SMILES string of the molecule is N#C/C(=C\c1ccc(F)cc1)c1c[nH]c2ccccc12. The summed E-state index contributed by atoms with van der Waals surface area (Å²) < 4.78 is 12.9. The van der Waals surface area contributed by atoms with Crippen molar-refractivity contribution in [3.05, 3.63) is 71.7 Å². The Bertz CT molecular complexity index is 820. The standard InChI is InChI=1S/C17H11FN2/c18-14-7-5-12(6-8-14)9-13(10-19)16-11-20-17-4-2-1-3-15(16)17/h1-9,11,20H/b13-9+. The number of H-pyrrole nitrogens is 1. The summed E-state index contributed by atoms with van der Waals surface area (Å²) in [5.74, 6) is -0.284. The number of fused-ring (bicyclic) bond motifs is 1. The van der Waals surface area contributed by atoms with E-state index in [0.717, 1.165) is 22.0 Å². The van der Waals surface area contributed by atoms with Gasteiger partial charge in [-0.15, -0.1) is 0 Å². The second-order valence-corrected chi connectivity index (χ2v) is 4.47. The molecule has 3 rings (SSSR count). The van der Waals surface area contributed by atoms with Crippen molar-refractivity contribution in [2.45, 2.75) is 0 Å². The lowest BCUT2D eigenvalue weighted by molar-refractivity contribution is 0.628. The van der Waals surface area contributed by atoms with Crippen molar-refractivity contribution in [2.75, 3.05) is 0 Å². The summed E-state index contributed by atoms with van der Waals surface area (Å²) in [5.41, 5.74) is 3.19. The molecule has 0 aliphatic rings. The number of nitriles is 1. The number of benzene rings is 2. The van der Waals surface area contributed by atoms with Crippen LogP contribution in [0.1, 0.15) is 11.1 Å². The first kappa shape index (κ1) is 12.2. The van der Waals surface area contributed by atoms with Gasteiger partial charge >= 0.3 is 0 Å². The van der Waals surface area contributed by atoms with E-state index in [4.69, 9.17) is 0 Å². The molecule has 20 heavy (non-hydrogen) atoms. The van der Waals surface area contributed by atoms with Gasteiger partial charge in [0, 0.05) is 22.7 Å². The van der Waals surface area contributed by atoms with Crippen LogP contribution in [-0.4, -0.2) is 4.98 Å². The minimum absolute atomic E-state index is 0.284. The molecule has 0 saturated heterocycles. The average Bonchev–Trinajstić information content (AvgIpc) is 2.91. The van der Waals surface area contributed by atoms with E-state index in [1.165, 1.54) is 12.1 Å². The zero-order valence-corrected chi connectivity index (χ0v) is 10.6. The minimum Gasteiger partial charge on any atom is -0.361 e. The van der Waals surface area contributed by atoms with Crippen molar-refractivity contribution in [1.82, 2.24) is 4.98 Å². The zero-order chi connectivity index (χ0) is 13.9. The van der Waals surface area contributed by atoms with Crippen molar-refractivity contribution >= 4 is 22.6 Å². The van der Waals surface area contributed by atoms with Crippen LogP contribution in [0.2, 0.25) is 0 Å². The normalized spacial score (nSPS) is 11.5. The Kier molecular flexibility index (Phi) is 3.06. The Labute approximate surface area is 115 Å². The third kappa shape index (κ3) is 2.19. The fourth-order valence-corrected chi connectivity index (χ4v) is 2.19. The highest BCUT2D eigenvalue weighted by Gasteiger charge is 2.07. The molecular formula is C17H11FN2. The number of halogens is 1. The highest BCUT2D eigenvalue weighted by molar-refractivity contribution is 6.01. The lowest BCUT2D eigenvalue weighted by Gasteiger charge is -1.98. The minimum atomic E-state index is -0.284. The number of aromatic nitrogens is 1. The molecule has 1 heterocycles. The number of hydrogen-bond acceptors (Lipinski definition) is 1. The molecular weight excluding hydrogens is 251 g/mol. The van der Waals surface area contributed by atoms with Gasteiger partial charge in [0.05, 0.1) is 11.6 Å². The number of rotatable bonds is 2. The highest BCUT2D eigenvalue weighted by Crippen LogP contribution is 2.26. The molecule has 2 nitrogen and oxygen atoms in total. The number of nitrogens with zero attached hydrogens (tertiary/aromatic N) is 1. The quantitative estimate of drug-likeness (QED) is 0.684. The van der Waals surface area contributed by atoms with E-state index in [9.17, 15) is 9.65 Å². The molecule has 1 aromatic heterocycles. The third-order valence-corrected chi connectivity index (χ3v) is 3.18. The first-order chi connectivity index (χ1) is 9.78. The van der Waals surface area contributed by atoms with Crippen LogP contribution in [0.3, 0.4) is 0 Å². The Hall–Kier alpha value is -2.86. The van der Waals surface area contributed by atoms with Crippen LogP contribution in [0.4, 0.5) is 4.39 Å². The van der Waals surface area contributed by atoms with Gasteiger partial charge in [-0.1, -0.05) is 30.3 Å². The summed E-state index contributed by atoms with van der Waals surface area (Å²) >= 11 is 0. The van der Waals surface area contributed by atoms with Gasteiger partial charge in [0.25, 0.3) is 0 Å². The Morgan fingerprint density at radius 3 is 2.60 bits per heavy atom. The van der Waals surface area contributed by atoms with Crippen LogP contribution < -0.4 is 0 Å². The first-order valence-electron chi connectivity index (χ1n) is 6.22. The molecule has 0 aliphatic carbocycles. The van der Waals surface area contributed by atoms with E-state index in [-0.39, 0.29) is 5.82 Å². The number of allylic oxidation sites excluding steroid dienone is 1. The molecule has 0 aliphatic heterocycles. The molecule has 2 aromatic carbocycles. The number of hydrogen-bond donors (Lipinski definition) is 1. The van der Waals surface area contributed by atoms with Crippen LogP contribution in [-0.2, 0) is 0 Å². The second kappa shape index (κ2) is 5.02. The maximum atomic E-state index is 12.9. The fourth-order valence-electron chi connectivity index (χ4n) is 2.19. The summed E-state index contributed by atoms with van der Waals surface area (Å²) in [6, 6.07) is 16.1. The molecule has 3 heteroatoms. The van der Waals surface area contributed by atoms with Crippen molar-refractivity contribution in [3.8, 4) is 6.07 Å². The van der Waals surface area contributed by atoms with Gasteiger partial charge in [0.2, 0.25) is 0 Å². The monoisotopic (exact) mass is 262 g/mol. The summed E-state index contributed by atoms with van der Waals surface area (Å²) in [6.45, 7) is 0. The van der Waals surface area contributed by atoms with Crippen LogP contribution in [0.15, 0.2) is 54.7 Å². The topological polar surface area (TPSA) is 39.6 Å². The Balaban J connectivity index is 2.10. The number of aromatic amines is 1. The summed E-state index contributed by atoms with van der Waals surface area (Å²) in [5, 5.41) is 10.4. The molecule has 96 valence electrons. The molecule has 0 bridgehead atoms. The first-order valence-corrected chi connectivity index (χ1v) is 6.22. The van der Waals surface area contributed by atoms with Gasteiger partial charge < -0.3 is 4.98 Å². The van der Waals surface area contributed by atoms with E-state index >= 15 is 0 Å². The smallest absolute Gasteiger partial charge is 0.123 e. The van der Waals surface area contributed by atoms with Gasteiger partial charge in [-0.3, -0.25) is 0 Å². The molecule has 1 N–H and O–H groups in total. The van der Waals surface area contributed by atoms with E-state index < -0.39 is 0 Å². The Morgan fingerprint density at radius 2 is 1.85 bits per heavy atom. The zero-order valence-electron chi connectivity index (χ0n) is 10.6. The van der Waals surface area contributed by atoms with Gasteiger partial charge in [-0.2, -0.15) is 5.26 Å². The molecule has 0 unspecified atom stereocenters. The van der Waals surface area contributed by atoms with Gasteiger partial charge in [-0.05, 0) is 29.8 Å². The largest absolute Gasteiger partial charge is 0.361 e. The lowest BCUT2D eigenvalue weighted by atomic mass is 10.0. The third-order valence-electron chi connectivity index (χ3n) is 3.18. The van der Waals surface area contributed by atoms with E-state index in [1.807, 2.05) is 30.5 Å². The predicted octanol–water partition coefficient (Wildman–Crippen LogP) is 4.37. The molecule has 0 fully saturated rings. The van der Waals surface area contributed by atoms with Crippen molar-refractivity contribution < 1.29 is 4.39 Å². The number of para-hydroxylation sites is 1. The van der Waals surface area contributed by atoms with Gasteiger partial charge in [0.15, 0.2) is 0 Å². The molecule has 0 amide bonds. The highest BCUT2D eigenvalue weighted by atomic mass is 19.1. The molecule has 3 aromatic rings. The van der Waals surface area contributed by atoms with Crippen LogP contribution in [0, 0.1) is 17.1 Å². The van der Waals surface area contributed by atoms with E-state index in [0.29, 0.717) is 5.57 Å². The fraction of sp³-hybridized carbons (Fsp3) is 0. The van der Waals surface area contributed by atoms with Crippen molar-refractivity contribution in [3.63, 3.8) is 0 Å². The van der Waals surface area contributed by atoms with E-state index in [1.54, 1.807) is 18.2 Å². The molecule has 0 saturated carbocycles. The molecule has 0 atom stereocenters. The lowest BCUT2D eigenvalue weighted by Crippen LogP contribution is -1.81. The maximum absolute atomic E-state index is 12.9. The van der Waals surface area contributed by atoms with Crippen molar-refractivity contribution in [1.29, 1.82) is 5.26 Å². The average molecular weight is 262 g/mol. The number of nitrogens with one attached hydrogen (secondary N) is 1. The van der Waals surface area contributed by atoms with Crippen molar-refractivity contribution in [2.24, 2.45) is 0 Å². The van der Waals surface area contributed by atoms with Gasteiger partial charge in [-0.25, -0.2) is 4.39 Å². The molecule has 0 spiro atoms. The summed E-state index contributed by atoms with van der Waals surface area (Å²) in [7, 11) is 0. The predicted molar refractivity (Wildman–Crippen MR) is 78.2 cm³/mol. The molecule has 0 radical (unpaired) electrons. The van der Waals surface area contributed by atoms with Crippen LogP contribution in [0.5, 0.6) is 0 Å². The summed E-state index contributed by atoms with van der Waals surface area (Å²) in [4.78, 5) is 3.15. The summed E-state index contributed by atoms with van der Waals surface area (Å²) in [6.07, 6.45) is 3.58. The maximum Gasteiger partial charge on any atom is 0.123 e. The van der Waals surface area contributed by atoms with E-state index in [2.05, 4.69) is 11.1 Å². The van der Waals surface area contributed by atoms with Gasteiger partial charge in [0.1, 0.15) is 5.82 Å². The van der Waals surface area contributed by atoms with Crippen LogP contribution in [0.25, 0.3) is 22.6 Å². The van der Waals surface area contributed by atoms with Crippen LogP contribution >= 0.6 is 0 Å². The second-order valence-electron chi connectivity index (χ2n) is 4.47.